The van der Waals surface area contributed by atoms with Crippen LogP contribution in [0.25, 0.3) is 5.69 Å². The van der Waals surface area contributed by atoms with Gasteiger partial charge in [-0.15, -0.1) is 0 Å². The van der Waals surface area contributed by atoms with Gasteiger partial charge in [-0.25, -0.2) is 9.67 Å². The molecule has 5 heteroatoms. The fourth-order valence-corrected chi connectivity index (χ4v) is 1.96. The van der Waals surface area contributed by atoms with Crippen LogP contribution in [0.1, 0.15) is 25.2 Å². The largest absolute Gasteiger partial charge is 0.310 e. The van der Waals surface area contributed by atoms with Crippen molar-refractivity contribution in [1.29, 1.82) is 0 Å². The van der Waals surface area contributed by atoms with Crippen molar-refractivity contribution in [1.82, 2.24) is 20.1 Å². The molecule has 102 valence electrons. The van der Waals surface area contributed by atoms with Gasteiger partial charge in [0.15, 0.2) is 0 Å². The first-order chi connectivity index (χ1) is 9.08. The first kappa shape index (κ1) is 14.0. The molecule has 1 aromatic carbocycles. The minimum absolute atomic E-state index is 0.616. The second-order valence-corrected chi connectivity index (χ2v) is 5.45. The van der Waals surface area contributed by atoms with Crippen molar-refractivity contribution in [2.24, 2.45) is 5.92 Å². The minimum atomic E-state index is 0.616. The van der Waals surface area contributed by atoms with E-state index in [0.29, 0.717) is 12.5 Å². The van der Waals surface area contributed by atoms with Gasteiger partial charge in [-0.1, -0.05) is 31.5 Å². The maximum atomic E-state index is 6.15. The van der Waals surface area contributed by atoms with E-state index in [1.165, 1.54) is 0 Å². The molecule has 0 unspecified atom stereocenters. The zero-order valence-corrected chi connectivity index (χ0v) is 12.3. The molecule has 0 spiro atoms. The van der Waals surface area contributed by atoms with Crippen LogP contribution in [0.4, 0.5) is 0 Å². The highest BCUT2D eigenvalue weighted by atomic mass is 35.5. The van der Waals surface area contributed by atoms with Crippen LogP contribution in [0.2, 0.25) is 5.02 Å². The molecule has 0 amide bonds. The zero-order chi connectivity index (χ0) is 13.8. The maximum Gasteiger partial charge on any atom is 0.146 e. The van der Waals surface area contributed by atoms with Crippen LogP contribution >= 0.6 is 11.6 Å². The Morgan fingerprint density at radius 3 is 2.84 bits per heavy atom. The lowest BCUT2D eigenvalue weighted by atomic mass is 10.2. The smallest absolute Gasteiger partial charge is 0.146 e. The van der Waals surface area contributed by atoms with Crippen molar-refractivity contribution in [2.75, 3.05) is 6.54 Å². The van der Waals surface area contributed by atoms with E-state index in [2.05, 4.69) is 29.2 Å². The Morgan fingerprint density at radius 1 is 1.37 bits per heavy atom. The molecule has 1 N–H and O–H groups in total. The summed E-state index contributed by atoms with van der Waals surface area (Å²) in [5, 5.41) is 8.37. The fourth-order valence-electron chi connectivity index (χ4n) is 1.79. The molecule has 0 aliphatic carbocycles. The van der Waals surface area contributed by atoms with Crippen LogP contribution in [0.15, 0.2) is 24.5 Å². The molecular formula is C14H19ClN4. The molecular weight excluding hydrogens is 260 g/mol. The lowest BCUT2D eigenvalue weighted by molar-refractivity contribution is 0.538. The number of rotatable bonds is 5. The summed E-state index contributed by atoms with van der Waals surface area (Å²) < 4.78 is 1.82. The summed E-state index contributed by atoms with van der Waals surface area (Å²) in [4.78, 5) is 4.29. The summed E-state index contributed by atoms with van der Waals surface area (Å²) in [6, 6.07) is 5.91. The second-order valence-electron chi connectivity index (χ2n) is 5.05. The van der Waals surface area contributed by atoms with Gasteiger partial charge in [-0.2, -0.15) is 5.10 Å². The molecule has 0 radical (unpaired) electrons. The molecule has 2 aromatic rings. The number of aryl methyl sites for hydroxylation is 1. The number of halogens is 1. The SMILES string of the molecule is Cc1ccc(-n2ncnc2CNCC(C)C)cc1Cl. The third-order valence-electron chi connectivity index (χ3n) is 2.85. The molecule has 4 nitrogen and oxygen atoms in total. The van der Waals surface area contributed by atoms with Crippen molar-refractivity contribution in [3.05, 3.63) is 40.9 Å². The Balaban J connectivity index is 2.16. The zero-order valence-electron chi connectivity index (χ0n) is 11.5. The molecule has 0 atom stereocenters. The molecule has 0 fully saturated rings. The summed E-state index contributed by atoms with van der Waals surface area (Å²) in [6.45, 7) is 8.00. The summed E-state index contributed by atoms with van der Waals surface area (Å²) in [6.07, 6.45) is 1.57. The van der Waals surface area contributed by atoms with Gasteiger partial charge in [0.25, 0.3) is 0 Å². The molecule has 2 rings (SSSR count). The Morgan fingerprint density at radius 2 is 2.16 bits per heavy atom. The van der Waals surface area contributed by atoms with Crippen LogP contribution in [0.3, 0.4) is 0 Å². The monoisotopic (exact) mass is 278 g/mol. The Hall–Kier alpha value is -1.39. The van der Waals surface area contributed by atoms with Crippen LogP contribution in [-0.4, -0.2) is 21.3 Å². The average Bonchev–Trinajstić information content (AvgIpc) is 2.80. The van der Waals surface area contributed by atoms with E-state index in [1.807, 2.05) is 29.8 Å². The van der Waals surface area contributed by atoms with E-state index in [4.69, 9.17) is 11.6 Å². The second kappa shape index (κ2) is 6.17. The van der Waals surface area contributed by atoms with E-state index in [0.717, 1.165) is 28.6 Å². The lowest BCUT2D eigenvalue weighted by Crippen LogP contribution is -2.21. The van der Waals surface area contributed by atoms with Crippen molar-refractivity contribution < 1.29 is 0 Å². The quantitative estimate of drug-likeness (QED) is 0.914. The minimum Gasteiger partial charge on any atom is -0.310 e. The van der Waals surface area contributed by atoms with E-state index < -0.39 is 0 Å². The van der Waals surface area contributed by atoms with E-state index >= 15 is 0 Å². The lowest BCUT2D eigenvalue weighted by Gasteiger charge is -2.09. The molecule has 0 bridgehead atoms. The van der Waals surface area contributed by atoms with Gasteiger partial charge < -0.3 is 5.32 Å². The van der Waals surface area contributed by atoms with Crippen molar-refractivity contribution >= 4 is 11.6 Å². The first-order valence-corrected chi connectivity index (χ1v) is 6.82. The maximum absolute atomic E-state index is 6.15. The van der Waals surface area contributed by atoms with Gasteiger partial charge in [0.2, 0.25) is 0 Å². The number of nitrogens with zero attached hydrogens (tertiary/aromatic N) is 3. The summed E-state index contributed by atoms with van der Waals surface area (Å²) in [5.74, 6) is 1.51. The normalized spacial score (nSPS) is 11.2. The average molecular weight is 279 g/mol. The summed E-state index contributed by atoms with van der Waals surface area (Å²) >= 11 is 6.15. The van der Waals surface area contributed by atoms with Crippen LogP contribution < -0.4 is 5.32 Å². The predicted octanol–water partition coefficient (Wildman–Crippen LogP) is 2.97. The molecule has 1 aromatic heterocycles. The van der Waals surface area contributed by atoms with Crippen LogP contribution in [0.5, 0.6) is 0 Å². The highest BCUT2D eigenvalue weighted by Gasteiger charge is 2.07. The molecule has 0 aliphatic rings. The molecule has 0 aliphatic heterocycles. The number of nitrogens with one attached hydrogen (secondary N) is 1. The highest BCUT2D eigenvalue weighted by Crippen LogP contribution is 2.19. The van der Waals surface area contributed by atoms with Crippen molar-refractivity contribution in [2.45, 2.75) is 27.3 Å². The standard InChI is InChI=1S/C14H19ClN4/c1-10(2)7-16-8-14-17-9-18-19(14)12-5-4-11(3)13(15)6-12/h4-6,9-10,16H,7-8H2,1-3H3. The Bertz CT molecular complexity index is 548. The molecule has 19 heavy (non-hydrogen) atoms. The molecule has 0 saturated heterocycles. The number of aromatic nitrogens is 3. The number of hydrogen-bond acceptors (Lipinski definition) is 3. The van der Waals surface area contributed by atoms with Crippen LogP contribution in [-0.2, 0) is 6.54 Å². The predicted molar refractivity (Wildman–Crippen MR) is 77.7 cm³/mol. The number of benzene rings is 1. The fraction of sp³-hybridized carbons (Fsp3) is 0.429. The van der Waals surface area contributed by atoms with E-state index in [-0.39, 0.29) is 0 Å². The summed E-state index contributed by atoms with van der Waals surface area (Å²) in [7, 11) is 0. The van der Waals surface area contributed by atoms with Gasteiger partial charge in [-0.3, -0.25) is 0 Å². The Kier molecular flexibility index (Phi) is 4.56. The van der Waals surface area contributed by atoms with Crippen molar-refractivity contribution in [3.63, 3.8) is 0 Å². The first-order valence-electron chi connectivity index (χ1n) is 6.44. The Labute approximate surface area is 118 Å². The molecule has 0 saturated carbocycles. The van der Waals surface area contributed by atoms with Gasteiger partial charge >= 0.3 is 0 Å². The van der Waals surface area contributed by atoms with Crippen molar-refractivity contribution in [3.8, 4) is 5.69 Å². The van der Waals surface area contributed by atoms with Gasteiger partial charge in [0, 0.05) is 5.02 Å². The highest BCUT2D eigenvalue weighted by molar-refractivity contribution is 6.31. The third kappa shape index (κ3) is 3.55. The topological polar surface area (TPSA) is 42.7 Å². The van der Waals surface area contributed by atoms with Crippen LogP contribution in [0, 0.1) is 12.8 Å². The van der Waals surface area contributed by atoms with Gasteiger partial charge in [0.05, 0.1) is 12.2 Å². The van der Waals surface area contributed by atoms with E-state index in [9.17, 15) is 0 Å². The summed E-state index contributed by atoms with van der Waals surface area (Å²) in [5.41, 5.74) is 2.00. The third-order valence-corrected chi connectivity index (χ3v) is 3.26. The van der Waals surface area contributed by atoms with E-state index in [1.54, 1.807) is 6.33 Å². The molecule has 1 heterocycles. The van der Waals surface area contributed by atoms with Gasteiger partial charge in [0.1, 0.15) is 12.2 Å². The van der Waals surface area contributed by atoms with Gasteiger partial charge in [-0.05, 0) is 37.1 Å². The number of hydrogen-bond donors (Lipinski definition) is 1.